The highest BCUT2D eigenvalue weighted by Gasteiger charge is 2.29. The maximum atomic E-state index is 12.4. The molecule has 0 fully saturated rings. The number of allylic oxidation sites excluding steroid dienone is 2. The van der Waals surface area contributed by atoms with E-state index in [0.29, 0.717) is 11.4 Å². The molecule has 0 spiro atoms. The van der Waals surface area contributed by atoms with Crippen molar-refractivity contribution in [2.75, 3.05) is 5.32 Å². The van der Waals surface area contributed by atoms with Crippen molar-refractivity contribution in [3.05, 3.63) is 64.9 Å². The van der Waals surface area contributed by atoms with Crippen LogP contribution in [0.15, 0.2) is 42.1 Å². The highest BCUT2D eigenvalue weighted by atomic mass is 16.1. The van der Waals surface area contributed by atoms with E-state index in [1.807, 2.05) is 30.3 Å². The third-order valence-corrected chi connectivity index (χ3v) is 3.33. The summed E-state index contributed by atoms with van der Waals surface area (Å²) >= 11 is 0. The largest absolute Gasteiger partial charge is 0.352 e. The average Bonchev–Trinajstić information content (AvgIpc) is 2.48. The SMILES string of the molecule is Cc1nc2c(nc1C)C(=O)C(Nc1ccccc1)=CC2=O. The highest BCUT2D eigenvalue weighted by molar-refractivity contribution is 6.23. The van der Waals surface area contributed by atoms with Crippen LogP contribution in [0.4, 0.5) is 5.69 Å². The Labute approximate surface area is 121 Å². The summed E-state index contributed by atoms with van der Waals surface area (Å²) in [5.41, 5.74) is 2.51. The van der Waals surface area contributed by atoms with Crippen molar-refractivity contribution in [2.45, 2.75) is 13.8 Å². The van der Waals surface area contributed by atoms with Crippen molar-refractivity contribution < 1.29 is 9.59 Å². The number of carbonyl (C=O) groups excluding carboxylic acids is 2. The van der Waals surface area contributed by atoms with Crippen molar-refractivity contribution in [3.8, 4) is 0 Å². The van der Waals surface area contributed by atoms with Gasteiger partial charge in [-0.15, -0.1) is 0 Å². The van der Waals surface area contributed by atoms with E-state index in [1.54, 1.807) is 13.8 Å². The predicted octanol–water partition coefficient (Wildman–Crippen LogP) is 2.47. The summed E-state index contributed by atoms with van der Waals surface area (Å²) in [6.45, 7) is 3.53. The second-order valence-corrected chi connectivity index (χ2v) is 4.83. The van der Waals surface area contributed by atoms with Gasteiger partial charge in [-0.05, 0) is 26.0 Å². The topological polar surface area (TPSA) is 72.0 Å². The van der Waals surface area contributed by atoms with Gasteiger partial charge in [0, 0.05) is 11.8 Å². The van der Waals surface area contributed by atoms with Gasteiger partial charge in [0.15, 0.2) is 0 Å². The molecule has 2 aromatic rings. The van der Waals surface area contributed by atoms with E-state index in [0.717, 1.165) is 5.69 Å². The summed E-state index contributed by atoms with van der Waals surface area (Å²) in [4.78, 5) is 33.0. The molecule has 5 heteroatoms. The van der Waals surface area contributed by atoms with E-state index < -0.39 is 0 Å². The number of nitrogens with zero attached hydrogens (tertiary/aromatic N) is 2. The Kier molecular flexibility index (Phi) is 3.10. The monoisotopic (exact) mass is 279 g/mol. The second kappa shape index (κ2) is 4.94. The van der Waals surface area contributed by atoms with Gasteiger partial charge in [0.1, 0.15) is 11.4 Å². The minimum Gasteiger partial charge on any atom is -0.352 e. The molecule has 0 radical (unpaired) electrons. The lowest BCUT2D eigenvalue weighted by Gasteiger charge is -2.16. The fourth-order valence-corrected chi connectivity index (χ4v) is 2.10. The van der Waals surface area contributed by atoms with Gasteiger partial charge < -0.3 is 5.32 Å². The zero-order valence-corrected chi connectivity index (χ0v) is 11.7. The van der Waals surface area contributed by atoms with Crippen molar-refractivity contribution in [1.82, 2.24) is 9.97 Å². The lowest BCUT2D eigenvalue weighted by molar-refractivity contribution is 0.0977. The molecule has 0 bridgehead atoms. The number of carbonyl (C=O) groups is 2. The van der Waals surface area contributed by atoms with E-state index in [9.17, 15) is 9.59 Å². The minimum absolute atomic E-state index is 0.115. The van der Waals surface area contributed by atoms with Crippen molar-refractivity contribution in [2.24, 2.45) is 0 Å². The predicted molar refractivity (Wildman–Crippen MR) is 78.3 cm³/mol. The lowest BCUT2D eigenvalue weighted by Crippen LogP contribution is -2.25. The molecule has 0 saturated carbocycles. The van der Waals surface area contributed by atoms with E-state index >= 15 is 0 Å². The van der Waals surface area contributed by atoms with Gasteiger partial charge >= 0.3 is 0 Å². The Morgan fingerprint density at radius 1 is 0.905 bits per heavy atom. The fourth-order valence-electron chi connectivity index (χ4n) is 2.10. The molecular weight excluding hydrogens is 266 g/mol. The summed E-state index contributed by atoms with van der Waals surface area (Å²) in [5.74, 6) is -0.623. The lowest BCUT2D eigenvalue weighted by atomic mass is 10.0. The molecule has 0 unspecified atom stereocenters. The summed E-state index contributed by atoms with van der Waals surface area (Å²) in [6.07, 6.45) is 1.28. The minimum atomic E-state index is -0.316. The van der Waals surface area contributed by atoms with E-state index in [4.69, 9.17) is 0 Å². The summed E-state index contributed by atoms with van der Waals surface area (Å²) < 4.78 is 0. The zero-order chi connectivity index (χ0) is 15.0. The Balaban J connectivity index is 2.01. The first kappa shape index (κ1) is 13.2. The van der Waals surface area contributed by atoms with Crippen LogP contribution in [0.25, 0.3) is 0 Å². The van der Waals surface area contributed by atoms with Gasteiger partial charge in [0.2, 0.25) is 11.6 Å². The number of fused-ring (bicyclic) bond motifs is 1. The van der Waals surface area contributed by atoms with Crippen molar-refractivity contribution >= 4 is 17.3 Å². The molecule has 0 atom stereocenters. The number of para-hydroxylation sites is 1. The molecular formula is C16H13N3O2. The molecule has 1 heterocycles. The molecule has 5 nitrogen and oxygen atoms in total. The molecule has 104 valence electrons. The van der Waals surface area contributed by atoms with Crippen LogP contribution in [0, 0.1) is 13.8 Å². The molecule has 3 rings (SSSR count). The molecule has 0 amide bonds. The summed E-state index contributed by atoms with van der Waals surface area (Å²) in [6, 6.07) is 9.21. The normalized spacial score (nSPS) is 13.7. The van der Waals surface area contributed by atoms with Crippen LogP contribution in [0.3, 0.4) is 0 Å². The van der Waals surface area contributed by atoms with Crippen LogP contribution in [-0.4, -0.2) is 21.5 Å². The standard InChI is InChI=1S/C16H13N3O2/c1-9-10(2)18-15-14(17-9)13(20)8-12(16(15)21)19-11-6-4-3-5-7-11/h3-8,19H,1-2H3. The molecule has 1 N–H and O–H groups in total. The Morgan fingerprint density at radius 3 is 2.19 bits per heavy atom. The fraction of sp³-hybridized carbons (Fsp3) is 0.125. The molecule has 1 aliphatic carbocycles. The van der Waals surface area contributed by atoms with Crippen LogP contribution in [0.2, 0.25) is 0 Å². The van der Waals surface area contributed by atoms with Gasteiger partial charge in [-0.25, -0.2) is 9.97 Å². The third-order valence-electron chi connectivity index (χ3n) is 3.33. The maximum Gasteiger partial charge on any atom is 0.230 e. The Morgan fingerprint density at radius 2 is 1.52 bits per heavy atom. The number of Topliss-reactive ketones (excluding diaryl/α,β-unsaturated/α-hetero) is 1. The first-order valence-corrected chi connectivity index (χ1v) is 6.54. The Hall–Kier alpha value is -2.82. The van der Waals surface area contributed by atoms with Crippen LogP contribution >= 0.6 is 0 Å². The second-order valence-electron chi connectivity index (χ2n) is 4.83. The highest BCUT2D eigenvalue weighted by Crippen LogP contribution is 2.21. The number of anilines is 1. The first-order chi connectivity index (χ1) is 10.1. The number of benzene rings is 1. The number of aryl methyl sites for hydroxylation is 2. The van der Waals surface area contributed by atoms with Crippen LogP contribution in [0.1, 0.15) is 32.4 Å². The number of aromatic nitrogens is 2. The summed E-state index contributed by atoms with van der Waals surface area (Å²) in [5, 5.41) is 2.96. The molecule has 0 saturated heterocycles. The molecule has 0 aliphatic heterocycles. The van der Waals surface area contributed by atoms with Crippen LogP contribution in [-0.2, 0) is 0 Å². The molecule has 1 aliphatic rings. The number of ketones is 2. The van der Waals surface area contributed by atoms with Crippen LogP contribution < -0.4 is 5.32 Å². The third kappa shape index (κ3) is 2.33. The number of hydrogen-bond donors (Lipinski definition) is 1. The molecule has 21 heavy (non-hydrogen) atoms. The number of rotatable bonds is 2. The van der Waals surface area contributed by atoms with Gasteiger partial charge in [-0.1, -0.05) is 18.2 Å². The zero-order valence-electron chi connectivity index (χ0n) is 11.7. The Bertz CT molecular complexity index is 780. The van der Waals surface area contributed by atoms with Gasteiger partial charge in [-0.3, -0.25) is 9.59 Å². The molecule has 1 aromatic carbocycles. The van der Waals surface area contributed by atoms with Gasteiger partial charge in [-0.2, -0.15) is 0 Å². The van der Waals surface area contributed by atoms with Gasteiger partial charge in [0.25, 0.3) is 0 Å². The first-order valence-electron chi connectivity index (χ1n) is 6.54. The molecule has 1 aromatic heterocycles. The van der Waals surface area contributed by atoms with E-state index in [-0.39, 0.29) is 28.7 Å². The number of nitrogens with one attached hydrogen (secondary N) is 1. The van der Waals surface area contributed by atoms with E-state index in [1.165, 1.54) is 6.08 Å². The van der Waals surface area contributed by atoms with Crippen molar-refractivity contribution in [3.63, 3.8) is 0 Å². The van der Waals surface area contributed by atoms with Gasteiger partial charge in [0.05, 0.1) is 17.1 Å². The van der Waals surface area contributed by atoms with E-state index in [2.05, 4.69) is 15.3 Å². The van der Waals surface area contributed by atoms with Crippen LogP contribution in [0.5, 0.6) is 0 Å². The number of hydrogen-bond acceptors (Lipinski definition) is 5. The smallest absolute Gasteiger partial charge is 0.230 e. The quantitative estimate of drug-likeness (QED) is 0.914. The maximum absolute atomic E-state index is 12.4. The average molecular weight is 279 g/mol. The van der Waals surface area contributed by atoms with Crippen molar-refractivity contribution in [1.29, 1.82) is 0 Å². The summed E-state index contributed by atoms with van der Waals surface area (Å²) in [7, 11) is 0.